The van der Waals surface area contributed by atoms with Gasteiger partial charge in [0.15, 0.2) is 0 Å². The van der Waals surface area contributed by atoms with Gasteiger partial charge >= 0.3 is 0 Å². The molecule has 0 heterocycles. The molecule has 3 rings (SSSR count). The molecule has 0 spiro atoms. The van der Waals surface area contributed by atoms with Crippen molar-refractivity contribution in [1.82, 2.24) is 5.32 Å². The van der Waals surface area contributed by atoms with Crippen molar-refractivity contribution in [2.24, 2.45) is 0 Å². The molecule has 0 aromatic heterocycles. The highest BCUT2D eigenvalue weighted by Crippen LogP contribution is 2.25. The number of carbonyl (C=O) groups excluding carboxylic acids is 2. The van der Waals surface area contributed by atoms with Crippen LogP contribution in [0.5, 0.6) is 17.2 Å². The second-order valence-corrected chi connectivity index (χ2v) is 6.77. The maximum Gasteiger partial charge on any atom is 0.256 e. The molecule has 0 fully saturated rings. The van der Waals surface area contributed by atoms with Gasteiger partial charge in [0.2, 0.25) is 5.91 Å². The van der Waals surface area contributed by atoms with Crippen LogP contribution < -0.4 is 20.1 Å². The van der Waals surface area contributed by atoms with Crippen LogP contribution >= 0.6 is 11.6 Å². The van der Waals surface area contributed by atoms with E-state index in [0.29, 0.717) is 23.8 Å². The number of carbonyl (C=O) groups is 2. The molecule has 0 saturated carbocycles. The van der Waals surface area contributed by atoms with Crippen LogP contribution in [0, 0.1) is 5.82 Å². The summed E-state index contributed by atoms with van der Waals surface area (Å²) in [6.45, 7) is 2.17. The first-order valence-electron chi connectivity index (χ1n) is 9.49. The van der Waals surface area contributed by atoms with Crippen molar-refractivity contribution < 1.29 is 23.5 Å². The van der Waals surface area contributed by atoms with Crippen molar-refractivity contribution in [1.29, 1.82) is 0 Å². The maximum absolute atomic E-state index is 13.8. The average Bonchev–Trinajstić information content (AvgIpc) is 2.75. The van der Waals surface area contributed by atoms with E-state index in [1.807, 2.05) is 19.1 Å². The van der Waals surface area contributed by atoms with Gasteiger partial charge in [-0.25, -0.2) is 4.39 Å². The topological polar surface area (TPSA) is 76.7 Å². The normalized spacial score (nSPS) is 10.3. The van der Waals surface area contributed by atoms with Crippen molar-refractivity contribution in [3.05, 3.63) is 83.1 Å². The number of nitrogens with one attached hydrogen (secondary N) is 2. The highest BCUT2D eigenvalue weighted by molar-refractivity contribution is 6.33. The number of rotatable bonds is 8. The lowest BCUT2D eigenvalue weighted by Gasteiger charge is -2.10. The van der Waals surface area contributed by atoms with Gasteiger partial charge in [-0.3, -0.25) is 9.59 Å². The molecule has 31 heavy (non-hydrogen) atoms. The quantitative estimate of drug-likeness (QED) is 0.512. The molecule has 3 aromatic carbocycles. The molecule has 0 aliphatic heterocycles. The second-order valence-electron chi connectivity index (χ2n) is 6.36. The maximum atomic E-state index is 13.8. The molecule has 0 unspecified atom stereocenters. The summed E-state index contributed by atoms with van der Waals surface area (Å²) in [6, 6.07) is 17.9. The van der Waals surface area contributed by atoms with Gasteiger partial charge in [0, 0.05) is 5.69 Å². The smallest absolute Gasteiger partial charge is 0.256 e. The van der Waals surface area contributed by atoms with E-state index >= 15 is 0 Å². The third kappa shape index (κ3) is 6.20. The molecular formula is C23H20ClFN2O4. The first-order chi connectivity index (χ1) is 15.0. The monoisotopic (exact) mass is 442 g/mol. The minimum absolute atomic E-state index is 0.0268. The number of amides is 2. The Kier molecular flexibility index (Phi) is 7.45. The summed E-state index contributed by atoms with van der Waals surface area (Å²) in [7, 11) is 0. The Hall–Kier alpha value is -3.58. The molecule has 3 aromatic rings. The first kappa shape index (κ1) is 22.1. The minimum atomic E-state index is -0.766. The van der Waals surface area contributed by atoms with Crippen LogP contribution in [-0.4, -0.2) is 25.0 Å². The summed E-state index contributed by atoms with van der Waals surface area (Å²) in [6.07, 6.45) is 0. The van der Waals surface area contributed by atoms with E-state index < -0.39 is 17.6 Å². The zero-order valence-electron chi connectivity index (χ0n) is 16.7. The van der Waals surface area contributed by atoms with Gasteiger partial charge in [0.25, 0.3) is 5.91 Å². The number of benzene rings is 3. The van der Waals surface area contributed by atoms with Gasteiger partial charge in [-0.1, -0.05) is 17.7 Å². The third-order valence-electron chi connectivity index (χ3n) is 4.11. The van der Waals surface area contributed by atoms with Gasteiger partial charge in [-0.2, -0.15) is 0 Å². The molecule has 0 aliphatic carbocycles. The summed E-state index contributed by atoms with van der Waals surface area (Å²) in [5.41, 5.74) is 0.218. The molecule has 6 nitrogen and oxygen atoms in total. The minimum Gasteiger partial charge on any atom is -0.494 e. The highest BCUT2D eigenvalue weighted by atomic mass is 35.5. The van der Waals surface area contributed by atoms with E-state index in [1.54, 1.807) is 36.4 Å². The molecule has 0 saturated heterocycles. The number of ether oxygens (including phenoxy) is 2. The average molecular weight is 443 g/mol. The molecule has 0 radical (unpaired) electrons. The fourth-order valence-corrected chi connectivity index (χ4v) is 2.93. The molecule has 8 heteroatoms. The Morgan fingerprint density at radius 2 is 1.55 bits per heavy atom. The Morgan fingerprint density at radius 1 is 0.935 bits per heavy atom. The van der Waals surface area contributed by atoms with E-state index in [0.717, 1.165) is 11.8 Å². The standard InChI is InChI=1S/C23H20ClFN2O4/c1-2-30-16-10-12-18(13-11-16)31-17-8-6-15(7-9-17)27-21(28)14-26-23(29)22-19(24)4-3-5-20(22)25/h3-13H,2,14H2,1H3,(H,26,29)(H,27,28). The molecule has 0 aliphatic rings. The Balaban J connectivity index is 1.51. The fraction of sp³-hybridized carbons (Fsp3) is 0.130. The summed E-state index contributed by atoms with van der Waals surface area (Å²) >= 11 is 5.84. The van der Waals surface area contributed by atoms with Gasteiger partial charge in [0.1, 0.15) is 23.1 Å². The van der Waals surface area contributed by atoms with Crippen molar-refractivity contribution >= 4 is 29.1 Å². The summed E-state index contributed by atoms with van der Waals surface area (Å²) in [5.74, 6) is 0.00330. The van der Waals surface area contributed by atoms with E-state index in [4.69, 9.17) is 21.1 Å². The lowest BCUT2D eigenvalue weighted by molar-refractivity contribution is -0.115. The van der Waals surface area contributed by atoms with E-state index in [9.17, 15) is 14.0 Å². The number of hydrogen-bond donors (Lipinski definition) is 2. The molecule has 0 atom stereocenters. The van der Waals surface area contributed by atoms with Crippen LogP contribution in [0.25, 0.3) is 0 Å². The van der Waals surface area contributed by atoms with Gasteiger partial charge in [-0.15, -0.1) is 0 Å². The first-order valence-corrected chi connectivity index (χ1v) is 9.87. The van der Waals surface area contributed by atoms with Crippen LogP contribution in [0.4, 0.5) is 10.1 Å². The SMILES string of the molecule is CCOc1ccc(Oc2ccc(NC(=O)CNC(=O)c3c(F)cccc3Cl)cc2)cc1. The van der Waals surface area contributed by atoms with Crippen molar-refractivity contribution in [2.75, 3.05) is 18.5 Å². The van der Waals surface area contributed by atoms with Gasteiger partial charge in [0.05, 0.1) is 23.7 Å². The molecule has 0 bridgehead atoms. The van der Waals surface area contributed by atoms with Gasteiger partial charge in [-0.05, 0) is 67.6 Å². The van der Waals surface area contributed by atoms with E-state index in [2.05, 4.69) is 10.6 Å². The lowest BCUT2D eigenvalue weighted by Crippen LogP contribution is -2.33. The summed E-state index contributed by atoms with van der Waals surface area (Å²) < 4.78 is 24.9. The van der Waals surface area contributed by atoms with Gasteiger partial charge < -0.3 is 20.1 Å². The molecule has 160 valence electrons. The molecular weight excluding hydrogens is 423 g/mol. The van der Waals surface area contributed by atoms with Crippen molar-refractivity contribution in [2.45, 2.75) is 6.92 Å². The summed E-state index contributed by atoms with van der Waals surface area (Å²) in [5, 5.41) is 4.96. The largest absolute Gasteiger partial charge is 0.494 e. The molecule has 2 amide bonds. The second kappa shape index (κ2) is 10.4. The fourth-order valence-electron chi connectivity index (χ4n) is 2.68. The number of anilines is 1. The lowest BCUT2D eigenvalue weighted by atomic mass is 10.2. The summed E-state index contributed by atoms with van der Waals surface area (Å²) in [4.78, 5) is 24.2. The van der Waals surface area contributed by atoms with E-state index in [-0.39, 0.29) is 17.1 Å². The predicted octanol–water partition coefficient (Wildman–Crippen LogP) is 5.04. The Morgan fingerprint density at radius 3 is 2.16 bits per heavy atom. The molecule has 2 N–H and O–H groups in total. The predicted molar refractivity (Wildman–Crippen MR) is 116 cm³/mol. The zero-order chi connectivity index (χ0) is 22.2. The van der Waals surface area contributed by atoms with Crippen LogP contribution in [0.1, 0.15) is 17.3 Å². The Bertz CT molecular complexity index is 1040. The zero-order valence-corrected chi connectivity index (χ0v) is 17.4. The van der Waals surface area contributed by atoms with Crippen LogP contribution in [0.2, 0.25) is 5.02 Å². The van der Waals surface area contributed by atoms with Crippen LogP contribution in [0.3, 0.4) is 0 Å². The van der Waals surface area contributed by atoms with Crippen molar-refractivity contribution in [3.8, 4) is 17.2 Å². The highest BCUT2D eigenvalue weighted by Gasteiger charge is 2.16. The van der Waals surface area contributed by atoms with E-state index in [1.165, 1.54) is 12.1 Å². The Labute approximate surface area is 183 Å². The van der Waals surface area contributed by atoms with Crippen LogP contribution in [0.15, 0.2) is 66.7 Å². The number of halogens is 2. The van der Waals surface area contributed by atoms with Crippen molar-refractivity contribution in [3.63, 3.8) is 0 Å². The number of hydrogen-bond acceptors (Lipinski definition) is 4. The van der Waals surface area contributed by atoms with Crippen LogP contribution in [-0.2, 0) is 4.79 Å². The third-order valence-corrected chi connectivity index (χ3v) is 4.42.